The van der Waals surface area contributed by atoms with Gasteiger partial charge in [0.05, 0.1) is 76.3 Å². The minimum Gasteiger partial charge on any atom is -0.347 e. The predicted molar refractivity (Wildman–Crippen MR) is 344 cm³/mol. The Balaban J connectivity index is 0.000000114. The summed E-state index contributed by atoms with van der Waals surface area (Å²) in [6.07, 6.45) is 2.57. The minimum absolute atomic E-state index is 0.0351. The number of ketones is 1. The van der Waals surface area contributed by atoms with Crippen molar-refractivity contribution in [2.75, 3.05) is 54.6 Å². The number of thiophene rings is 4. The van der Waals surface area contributed by atoms with Crippen LogP contribution in [0.5, 0.6) is 0 Å². The van der Waals surface area contributed by atoms with Crippen molar-refractivity contribution in [3.05, 3.63) is 191 Å². The summed E-state index contributed by atoms with van der Waals surface area (Å²) in [7, 11) is 7.34. The largest absolute Gasteiger partial charge is 0.347 e. The van der Waals surface area contributed by atoms with E-state index < -0.39 is 0 Å². The maximum atomic E-state index is 12.2. The highest BCUT2D eigenvalue weighted by Crippen LogP contribution is 2.42. The minimum atomic E-state index is -0.222. The third kappa shape index (κ3) is 11.9. The lowest BCUT2D eigenvalue weighted by Gasteiger charge is -2.15. The van der Waals surface area contributed by atoms with E-state index in [1.54, 1.807) is 53.6 Å². The van der Waals surface area contributed by atoms with Gasteiger partial charge in [0.1, 0.15) is 0 Å². The third-order valence-electron chi connectivity index (χ3n) is 16.6. The van der Waals surface area contributed by atoms with Gasteiger partial charge in [0.15, 0.2) is 24.6 Å². The Kier molecular flexibility index (Phi) is 17.1. The molecule has 4 aromatic heterocycles. The number of ether oxygens (including phenoxy) is 4. The van der Waals surface area contributed by atoms with Crippen LogP contribution >= 0.6 is 57.6 Å². The van der Waals surface area contributed by atoms with E-state index in [1.165, 1.54) is 21.1 Å². The average molecular weight is 1260 g/mol. The normalized spacial score (nSPS) is 19.9. The topological polar surface area (TPSA) is 164 Å². The molecule has 0 radical (unpaired) electrons. The van der Waals surface area contributed by atoms with Crippen LogP contribution in [-0.4, -0.2) is 115 Å². The lowest BCUT2D eigenvalue weighted by molar-refractivity contribution is -0.114. The number of fused-ring (bicyclic) bond motifs is 4. The Morgan fingerprint density at radius 3 is 1.29 bits per heavy atom. The number of carbonyl (C=O) groups excluding carboxylic acids is 6. The van der Waals surface area contributed by atoms with Crippen LogP contribution in [0, 0.1) is 0 Å². The highest BCUT2D eigenvalue weighted by atomic mass is 32.1. The van der Waals surface area contributed by atoms with Crippen LogP contribution in [-0.2, 0) is 30.3 Å². The molecular weight excluding hydrogens is 1200 g/mol. The molecular formula is C67H61N5O10S5. The zero-order valence-corrected chi connectivity index (χ0v) is 52.8. The van der Waals surface area contributed by atoms with E-state index in [1.807, 2.05) is 121 Å². The summed E-state index contributed by atoms with van der Waals surface area (Å²) in [5.74, 6) is 0.402. The molecule has 3 saturated heterocycles. The van der Waals surface area contributed by atoms with E-state index in [0.29, 0.717) is 50.1 Å². The molecule has 0 bridgehead atoms. The first kappa shape index (κ1) is 59.7. The van der Waals surface area contributed by atoms with Gasteiger partial charge in [-0.05, 0) is 168 Å². The van der Waals surface area contributed by atoms with Gasteiger partial charge < -0.3 is 43.9 Å². The lowest BCUT2D eigenvalue weighted by Crippen LogP contribution is -2.20. The van der Waals surface area contributed by atoms with Crippen molar-refractivity contribution < 1.29 is 47.7 Å². The molecule has 1 N–H and O–H groups in total. The van der Waals surface area contributed by atoms with Crippen molar-refractivity contribution >= 4 is 104 Å². The van der Waals surface area contributed by atoms with Gasteiger partial charge in [-0.2, -0.15) is 0 Å². The molecule has 4 aromatic carbocycles. The number of nitrogens with zero attached hydrogens (tertiary/aromatic N) is 4. The molecule has 444 valence electrons. The molecule has 3 unspecified atom stereocenters. The molecule has 4 amide bonds. The molecule has 15 rings (SSSR count). The van der Waals surface area contributed by atoms with E-state index in [9.17, 15) is 28.8 Å². The van der Waals surface area contributed by atoms with Gasteiger partial charge >= 0.3 is 0 Å². The summed E-state index contributed by atoms with van der Waals surface area (Å²) in [6, 6.07) is 40.5. The average Bonchev–Trinajstić information content (AvgIpc) is 3.00. The molecule has 0 spiro atoms. The van der Waals surface area contributed by atoms with Crippen LogP contribution in [0.1, 0.15) is 146 Å². The fourth-order valence-corrected chi connectivity index (χ4v) is 15.4. The molecule has 15 nitrogen and oxygen atoms in total. The predicted octanol–water partition coefficient (Wildman–Crippen LogP) is 13.8. The SMILES string of the molecule is CC1c2cc(-c3ccc(/C=C4/NC(=S)CC4=O)s3)ccc2C(=O)N1C.CC1c2cc(-c3ccc(C4OCCO4)s3)ccc2C(=O)N1C.CC1c2cc(-c3ccc(C=O)s3)ccc2C(=O)N1C.CN1Cc2cc(-c3ccc(C4OCCO4)s3)ccc2C1=O. The zero-order valence-electron chi connectivity index (χ0n) is 48.7. The molecule has 20 heteroatoms. The molecule has 3 fully saturated rings. The van der Waals surface area contributed by atoms with Crippen molar-refractivity contribution in [3.63, 3.8) is 0 Å². The zero-order chi connectivity index (χ0) is 60.9. The maximum absolute atomic E-state index is 12.2. The van der Waals surface area contributed by atoms with E-state index in [-0.39, 0.29) is 60.1 Å². The van der Waals surface area contributed by atoms with Crippen LogP contribution in [0.25, 0.3) is 47.8 Å². The number of hydrogen-bond acceptors (Lipinski definition) is 15. The molecule has 0 aliphatic carbocycles. The summed E-state index contributed by atoms with van der Waals surface area (Å²) >= 11 is 11.5. The van der Waals surface area contributed by atoms with Crippen LogP contribution < -0.4 is 5.32 Å². The number of hydrogen-bond donors (Lipinski definition) is 1. The molecule has 0 saturated carbocycles. The second-order valence-corrected chi connectivity index (χ2v) is 26.9. The highest BCUT2D eigenvalue weighted by molar-refractivity contribution is 7.80. The highest BCUT2D eigenvalue weighted by Gasteiger charge is 2.34. The number of allylic oxidation sites excluding steroid dienone is 1. The monoisotopic (exact) mass is 1260 g/mol. The van der Waals surface area contributed by atoms with Gasteiger partial charge in [0.2, 0.25) is 0 Å². The summed E-state index contributed by atoms with van der Waals surface area (Å²) in [4.78, 5) is 86.8. The van der Waals surface area contributed by atoms with Gasteiger partial charge in [-0.15, -0.1) is 45.3 Å². The number of thiocarbonyl (C=S) groups is 1. The smallest absolute Gasteiger partial charge is 0.254 e. The fourth-order valence-electron chi connectivity index (χ4n) is 11.3. The van der Waals surface area contributed by atoms with E-state index in [4.69, 9.17) is 31.2 Å². The van der Waals surface area contributed by atoms with Gasteiger partial charge in [-0.3, -0.25) is 28.8 Å². The quantitative estimate of drug-likeness (QED) is 0.0871. The molecule has 87 heavy (non-hydrogen) atoms. The molecule has 11 heterocycles. The second kappa shape index (κ2) is 24.9. The van der Waals surface area contributed by atoms with Crippen LogP contribution in [0.15, 0.2) is 127 Å². The van der Waals surface area contributed by atoms with Crippen molar-refractivity contribution in [3.8, 4) is 41.8 Å². The van der Waals surface area contributed by atoms with Crippen LogP contribution in [0.4, 0.5) is 0 Å². The lowest BCUT2D eigenvalue weighted by atomic mass is 10.0. The van der Waals surface area contributed by atoms with Crippen molar-refractivity contribution in [1.82, 2.24) is 24.9 Å². The van der Waals surface area contributed by atoms with E-state index >= 15 is 0 Å². The number of Topliss-reactive ketones (excluding diaryl/α,β-unsaturated/α-hetero) is 1. The summed E-state index contributed by atoms with van der Waals surface area (Å²) in [5, 5.41) is 2.96. The van der Waals surface area contributed by atoms with Crippen LogP contribution in [0.3, 0.4) is 0 Å². The second-order valence-electron chi connectivity index (χ2n) is 22.0. The summed E-state index contributed by atoms with van der Waals surface area (Å²) in [5.41, 5.74) is 12.5. The summed E-state index contributed by atoms with van der Waals surface area (Å²) in [6.45, 7) is 9.45. The first-order valence-corrected chi connectivity index (χ1v) is 32.1. The maximum Gasteiger partial charge on any atom is 0.254 e. The Hall–Kier alpha value is -7.63. The van der Waals surface area contributed by atoms with Gasteiger partial charge in [-0.1, -0.05) is 36.5 Å². The Bertz CT molecular complexity index is 4110. The Morgan fingerprint density at radius 2 is 0.874 bits per heavy atom. The number of rotatable bonds is 8. The standard InChI is InChI=1S/C19H16N2O2S2.C17H17NO3S.C16H15NO3S.C15H13NO2S/c1-10-14-7-11(3-5-13(14)19(23)21(10)2)17-6-4-12(25-17)8-15-16(22)9-18(24)20-15;1-10-13-9-11(3-4-12(13)16(19)18(10)2)14-5-6-15(22-14)17-20-7-8-21-17;1-17-9-11-8-10(2-3-12(11)15(17)18)13-4-5-14(21-13)16-19-6-7-20-16;1-9-13-7-10(14-6-4-11(8-17)19-14)3-5-12(13)15(18)16(9)2/h3-8,10H,9H2,1-2H3,(H,20,24);3-6,9-10,17H,7-8H2,1-2H3;2-5,8,16H,6-7,9H2,1H3;3-9H,1-2H3/b15-8+;;;. The molecule has 7 aliphatic rings. The van der Waals surface area contributed by atoms with E-state index in [0.717, 1.165) is 102 Å². The number of carbonyl (C=O) groups is 6. The van der Waals surface area contributed by atoms with Crippen molar-refractivity contribution in [2.45, 2.75) is 64.4 Å². The number of aldehydes is 1. The third-order valence-corrected chi connectivity index (χ3v) is 21.3. The number of nitrogens with one attached hydrogen (secondary N) is 1. The van der Waals surface area contributed by atoms with E-state index in [2.05, 4.69) is 60.8 Å². The van der Waals surface area contributed by atoms with Gasteiger partial charge in [0, 0.05) is 81.4 Å². The van der Waals surface area contributed by atoms with Gasteiger partial charge in [0.25, 0.3) is 23.6 Å². The molecule has 7 aliphatic heterocycles. The Morgan fingerprint density at radius 1 is 0.483 bits per heavy atom. The Labute approximate surface area is 525 Å². The first-order valence-electron chi connectivity index (χ1n) is 28.4. The van der Waals surface area contributed by atoms with Gasteiger partial charge in [-0.25, -0.2) is 0 Å². The summed E-state index contributed by atoms with van der Waals surface area (Å²) < 4.78 is 22.1. The van der Waals surface area contributed by atoms with Crippen molar-refractivity contribution in [2.24, 2.45) is 0 Å². The first-order chi connectivity index (χ1) is 41.9. The molecule has 3 atom stereocenters. The van der Waals surface area contributed by atoms with Crippen LogP contribution in [0.2, 0.25) is 0 Å². The fraction of sp³-hybridized carbons (Fsp3) is 0.269. The number of benzene rings is 4. The van der Waals surface area contributed by atoms with Crippen molar-refractivity contribution in [1.29, 1.82) is 0 Å². The molecule has 8 aromatic rings. The number of amides is 4.